The van der Waals surface area contributed by atoms with Crippen molar-refractivity contribution >= 4 is 15.9 Å². The lowest BCUT2D eigenvalue weighted by molar-refractivity contribution is -0.0779. The maximum Gasteiger partial charge on any atom is 0.123 e. The van der Waals surface area contributed by atoms with Gasteiger partial charge in [-0.05, 0) is 57.9 Å². The largest absolute Gasteiger partial charge is 0.369 e. The van der Waals surface area contributed by atoms with Gasteiger partial charge in [0.05, 0.1) is 17.2 Å². The van der Waals surface area contributed by atoms with E-state index in [1.54, 1.807) is 6.07 Å². The average Bonchev–Trinajstić information content (AvgIpc) is 2.53. The highest BCUT2D eigenvalue weighted by atomic mass is 79.9. The van der Waals surface area contributed by atoms with Gasteiger partial charge in [-0.3, -0.25) is 11.3 Å². The molecule has 0 amide bonds. The second-order valence-corrected chi connectivity index (χ2v) is 7.44. The second kappa shape index (κ2) is 5.37. The highest BCUT2D eigenvalue weighted by molar-refractivity contribution is 9.10. The molecule has 0 aliphatic carbocycles. The molecule has 1 aliphatic rings. The molecule has 0 saturated carbocycles. The summed E-state index contributed by atoms with van der Waals surface area (Å²) < 4.78 is 20.5. The van der Waals surface area contributed by atoms with Crippen LogP contribution in [0.4, 0.5) is 4.39 Å². The highest BCUT2D eigenvalue weighted by Gasteiger charge is 2.49. The molecule has 1 saturated heterocycles. The third-order valence-electron chi connectivity index (χ3n) is 4.02. The lowest BCUT2D eigenvalue weighted by atomic mass is 9.79. The summed E-state index contributed by atoms with van der Waals surface area (Å²) in [6.45, 7) is 8.26. The molecule has 2 atom stereocenters. The Hall–Kier alpha value is -0.490. The summed E-state index contributed by atoms with van der Waals surface area (Å²) in [4.78, 5) is 0. The van der Waals surface area contributed by atoms with E-state index in [1.165, 1.54) is 12.1 Å². The Morgan fingerprint density at radius 3 is 2.55 bits per heavy atom. The lowest BCUT2D eigenvalue weighted by Gasteiger charge is -2.33. The molecule has 5 heteroatoms. The minimum atomic E-state index is -0.327. The molecular formula is C15H22BrFN2O. The normalized spacial score (nSPS) is 25.6. The van der Waals surface area contributed by atoms with E-state index in [4.69, 9.17) is 10.6 Å². The lowest BCUT2D eigenvalue weighted by Crippen LogP contribution is -2.41. The summed E-state index contributed by atoms with van der Waals surface area (Å²) in [5, 5.41) is 0. The van der Waals surface area contributed by atoms with Crippen LogP contribution in [0.15, 0.2) is 22.7 Å². The Morgan fingerprint density at radius 1 is 1.40 bits per heavy atom. The maximum atomic E-state index is 13.6. The number of hydrazine groups is 1. The number of halogens is 2. The fraction of sp³-hybridized carbons (Fsp3) is 0.600. The molecule has 2 unspecified atom stereocenters. The number of nitrogens with one attached hydrogen (secondary N) is 1. The third kappa shape index (κ3) is 3.06. The van der Waals surface area contributed by atoms with Crippen LogP contribution in [0.5, 0.6) is 0 Å². The van der Waals surface area contributed by atoms with Crippen molar-refractivity contribution in [2.24, 2.45) is 11.8 Å². The molecule has 0 radical (unpaired) electrons. The van der Waals surface area contributed by atoms with E-state index in [2.05, 4.69) is 49.1 Å². The highest BCUT2D eigenvalue weighted by Crippen LogP contribution is 2.48. The first-order chi connectivity index (χ1) is 9.16. The minimum absolute atomic E-state index is 0.153. The Labute approximate surface area is 128 Å². The topological polar surface area (TPSA) is 47.3 Å². The minimum Gasteiger partial charge on any atom is -0.369 e. The van der Waals surface area contributed by atoms with Gasteiger partial charge in [-0.25, -0.2) is 4.39 Å². The van der Waals surface area contributed by atoms with Crippen molar-refractivity contribution in [3.63, 3.8) is 0 Å². The fourth-order valence-corrected chi connectivity index (χ4v) is 3.79. The van der Waals surface area contributed by atoms with E-state index >= 15 is 0 Å². The van der Waals surface area contributed by atoms with Gasteiger partial charge in [-0.2, -0.15) is 0 Å². The van der Waals surface area contributed by atoms with Crippen LogP contribution in [-0.4, -0.2) is 11.2 Å². The molecule has 1 fully saturated rings. The standard InChI is InChI=1S/C15H22BrFN2O/c1-14(2)8-11(15(3,4)20-14)13(19-18)10-7-9(17)5-6-12(10)16/h5-7,11,13,19H,8,18H2,1-4H3. The first-order valence-corrected chi connectivity index (χ1v) is 7.57. The van der Waals surface area contributed by atoms with Crippen LogP contribution in [-0.2, 0) is 4.74 Å². The predicted molar refractivity (Wildman–Crippen MR) is 81.5 cm³/mol. The average molecular weight is 345 g/mol. The first kappa shape index (κ1) is 15.9. The number of ether oxygens (including phenoxy) is 1. The molecule has 3 N–H and O–H groups in total. The van der Waals surface area contributed by atoms with Crippen LogP contribution in [0.25, 0.3) is 0 Å². The van der Waals surface area contributed by atoms with Crippen molar-refractivity contribution < 1.29 is 9.13 Å². The van der Waals surface area contributed by atoms with Gasteiger partial charge in [0.1, 0.15) is 5.82 Å². The summed E-state index contributed by atoms with van der Waals surface area (Å²) in [6.07, 6.45) is 0.859. The number of nitrogens with two attached hydrogens (primary N) is 1. The molecule has 0 bridgehead atoms. The van der Waals surface area contributed by atoms with Gasteiger partial charge in [0.25, 0.3) is 0 Å². The van der Waals surface area contributed by atoms with Crippen LogP contribution in [0, 0.1) is 11.7 Å². The molecule has 1 aromatic carbocycles. The fourth-order valence-electron chi connectivity index (χ4n) is 3.30. The maximum absolute atomic E-state index is 13.6. The zero-order valence-electron chi connectivity index (χ0n) is 12.3. The SMILES string of the molecule is CC1(C)CC(C(NN)c2cc(F)ccc2Br)C(C)(C)O1. The van der Waals surface area contributed by atoms with Gasteiger partial charge >= 0.3 is 0 Å². The van der Waals surface area contributed by atoms with Crippen molar-refractivity contribution in [2.45, 2.75) is 51.4 Å². The van der Waals surface area contributed by atoms with Gasteiger partial charge in [0, 0.05) is 10.4 Å². The molecule has 112 valence electrons. The van der Waals surface area contributed by atoms with Crippen molar-refractivity contribution in [3.05, 3.63) is 34.1 Å². The van der Waals surface area contributed by atoms with Crippen LogP contribution < -0.4 is 11.3 Å². The third-order valence-corrected chi connectivity index (χ3v) is 4.74. The molecule has 0 spiro atoms. The number of hydrogen-bond acceptors (Lipinski definition) is 3. The Bertz CT molecular complexity index is 505. The zero-order chi connectivity index (χ0) is 15.1. The summed E-state index contributed by atoms with van der Waals surface area (Å²) in [6, 6.07) is 4.50. The first-order valence-electron chi connectivity index (χ1n) is 6.77. The van der Waals surface area contributed by atoms with Crippen molar-refractivity contribution in [1.29, 1.82) is 0 Å². The monoisotopic (exact) mass is 344 g/mol. The van der Waals surface area contributed by atoms with E-state index in [-0.39, 0.29) is 29.0 Å². The zero-order valence-corrected chi connectivity index (χ0v) is 13.9. The number of hydrogen-bond donors (Lipinski definition) is 2. The van der Waals surface area contributed by atoms with Crippen molar-refractivity contribution in [3.8, 4) is 0 Å². The van der Waals surface area contributed by atoms with Crippen LogP contribution in [0.3, 0.4) is 0 Å². The van der Waals surface area contributed by atoms with Gasteiger partial charge in [0.15, 0.2) is 0 Å². The van der Waals surface area contributed by atoms with E-state index in [9.17, 15) is 4.39 Å². The number of benzene rings is 1. The second-order valence-electron chi connectivity index (χ2n) is 6.59. The number of rotatable bonds is 3. The van der Waals surface area contributed by atoms with E-state index in [0.717, 1.165) is 16.5 Å². The quantitative estimate of drug-likeness (QED) is 0.649. The molecular weight excluding hydrogens is 323 g/mol. The smallest absolute Gasteiger partial charge is 0.123 e. The van der Waals surface area contributed by atoms with E-state index < -0.39 is 0 Å². The molecule has 1 aliphatic heterocycles. The van der Waals surface area contributed by atoms with E-state index in [0.29, 0.717) is 0 Å². The summed E-state index contributed by atoms with van der Waals surface area (Å²) in [7, 11) is 0. The van der Waals surface area contributed by atoms with E-state index in [1.807, 2.05) is 0 Å². The molecule has 3 nitrogen and oxygen atoms in total. The van der Waals surface area contributed by atoms with Crippen LogP contribution in [0.2, 0.25) is 0 Å². The van der Waals surface area contributed by atoms with Crippen molar-refractivity contribution in [2.75, 3.05) is 0 Å². The molecule has 20 heavy (non-hydrogen) atoms. The molecule has 1 aromatic rings. The molecule has 2 rings (SSSR count). The predicted octanol–water partition coefficient (Wildman–Crippen LogP) is 3.69. The van der Waals surface area contributed by atoms with Gasteiger partial charge in [-0.15, -0.1) is 0 Å². The Morgan fingerprint density at radius 2 is 2.05 bits per heavy atom. The summed E-state index contributed by atoms with van der Waals surface area (Å²) in [5.41, 5.74) is 3.14. The van der Waals surface area contributed by atoms with Gasteiger partial charge in [-0.1, -0.05) is 15.9 Å². The van der Waals surface area contributed by atoms with Crippen LogP contribution in [0.1, 0.15) is 45.7 Å². The Kier molecular flexibility index (Phi) is 4.27. The molecule has 1 heterocycles. The summed E-state index contributed by atoms with van der Waals surface area (Å²) in [5.74, 6) is 5.65. The molecule has 0 aromatic heterocycles. The Balaban J connectivity index is 2.40. The summed E-state index contributed by atoms with van der Waals surface area (Å²) >= 11 is 3.48. The van der Waals surface area contributed by atoms with Crippen LogP contribution >= 0.6 is 15.9 Å². The van der Waals surface area contributed by atoms with Gasteiger partial charge < -0.3 is 4.74 Å². The van der Waals surface area contributed by atoms with Crippen molar-refractivity contribution in [1.82, 2.24) is 5.43 Å². The van der Waals surface area contributed by atoms with Gasteiger partial charge in [0.2, 0.25) is 0 Å².